The van der Waals surface area contributed by atoms with Crippen molar-refractivity contribution in [3.8, 4) is 11.3 Å². The van der Waals surface area contributed by atoms with E-state index in [1.807, 2.05) is 0 Å². The molecule has 5 rings (SSSR count). The number of rotatable bonds is 5. The first-order chi connectivity index (χ1) is 15.9. The number of nitrogens with zero attached hydrogens (tertiary/aromatic N) is 3. The molecule has 2 fully saturated rings. The molecule has 1 aliphatic heterocycles. The van der Waals surface area contributed by atoms with Gasteiger partial charge in [0.1, 0.15) is 11.6 Å². The second-order valence-electron chi connectivity index (χ2n) is 8.79. The Morgan fingerprint density at radius 3 is 2.30 bits per heavy atom. The van der Waals surface area contributed by atoms with Gasteiger partial charge in [-0.3, -0.25) is 4.90 Å². The minimum atomic E-state index is -1.28. The summed E-state index contributed by atoms with van der Waals surface area (Å²) in [5, 5.41) is 11.3. The van der Waals surface area contributed by atoms with Crippen LogP contribution in [0.1, 0.15) is 18.4 Å². The molecule has 172 valence electrons. The molecule has 0 unspecified atom stereocenters. The molecule has 3 aromatic rings. The normalized spacial score (nSPS) is 22.5. The monoisotopic (exact) mass is 460 g/mol. The van der Waals surface area contributed by atoms with E-state index in [4.69, 9.17) is 0 Å². The van der Waals surface area contributed by atoms with E-state index in [2.05, 4.69) is 20.4 Å². The van der Waals surface area contributed by atoms with Gasteiger partial charge in [0.15, 0.2) is 23.3 Å². The topological polar surface area (TPSA) is 41.0 Å². The van der Waals surface area contributed by atoms with Gasteiger partial charge in [-0.2, -0.15) is 0 Å². The van der Waals surface area contributed by atoms with Crippen molar-refractivity contribution in [2.24, 2.45) is 11.8 Å². The molecule has 9 heteroatoms. The summed E-state index contributed by atoms with van der Waals surface area (Å²) in [6, 6.07) is 8.88. The van der Waals surface area contributed by atoms with Gasteiger partial charge in [0, 0.05) is 42.9 Å². The van der Waals surface area contributed by atoms with Gasteiger partial charge >= 0.3 is 0 Å². The molecule has 0 amide bonds. The lowest BCUT2D eigenvalue weighted by Gasteiger charge is -2.20. The van der Waals surface area contributed by atoms with Crippen LogP contribution in [0.2, 0.25) is 0 Å². The lowest BCUT2D eigenvalue weighted by Crippen LogP contribution is -2.25. The SMILES string of the molecule is Fc1cc(F)c(F)c(-c2ccc(N[C@H]3C[C@@H]4CN(Cc5cccc(F)c5F)C[C@@H]4C3)nn2)c1. The number of benzene rings is 2. The van der Waals surface area contributed by atoms with Gasteiger partial charge in [0.25, 0.3) is 0 Å². The molecule has 4 nitrogen and oxygen atoms in total. The van der Waals surface area contributed by atoms with E-state index in [0.717, 1.165) is 38.1 Å². The highest BCUT2D eigenvalue weighted by Gasteiger charge is 2.41. The number of anilines is 1. The Morgan fingerprint density at radius 1 is 0.848 bits per heavy atom. The van der Waals surface area contributed by atoms with E-state index >= 15 is 0 Å². The molecule has 2 heterocycles. The highest BCUT2D eigenvalue weighted by atomic mass is 19.2. The Balaban J connectivity index is 1.18. The predicted molar refractivity (Wildman–Crippen MR) is 113 cm³/mol. The zero-order chi connectivity index (χ0) is 23.1. The van der Waals surface area contributed by atoms with Gasteiger partial charge in [-0.1, -0.05) is 12.1 Å². The lowest BCUT2D eigenvalue weighted by molar-refractivity contribution is 0.294. The Kier molecular flexibility index (Phi) is 5.74. The first-order valence-electron chi connectivity index (χ1n) is 10.8. The second-order valence-corrected chi connectivity index (χ2v) is 8.79. The van der Waals surface area contributed by atoms with Crippen LogP contribution < -0.4 is 5.32 Å². The molecule has 0 bridgehead atoms. The average molecular weight is 460 g/mol. The molecule has 0 spiro atoms. The quantitative estimate of drug-likeness (QED) is 0.422. The van der Waals surface area contributed by atoms with Gasteiger partial charge < -0.3 is 5.32 Å². The average Bonchev–Trinajstić information content (AvgIpc) is 3.32. The van der Waals surface area contributed by atoms with Crippen LogP contribution in [0.25, 0.3) is 11.3 Å². The summed E-state index contributed by atoms with van der Waals surface area (Å²) in [5.41, 5.74) is 0.131. The van der Waals surface area contributed by atoms with Gasteiger partial charge in [-0.15, -0.1) is 10.2 Å². The zero-order valence-electron chi connectivity index (χ0n) is 17.5. The summed E-state index contributed by atoms with van der Waals surface area (Å²) >= 11 is 0. The Morgan fingerprint density at radius 2 is 1.61 bits per heavy atom. The van der Waals surface area contributed by atoms with Crippen molar-refractivity contribution in [3.63, 3.8) is 0 Å². The van der Waals surface area contributed by atoms with Crippen molar-refractivity contribution < 1.29 is 22.0 Å². The smallest absolute Gasteiger partial charge is 0.168 e. The fraction of sp³-hybridized carbons (Fsp3) is 0.333. The molecule has 1 aliphatic carbocycles. The molecule has 3 atom stereocenters. The van der Waals surface area contributed by atoms with E-state index in [1.54, 1.807) is 12.1 Å². The largest absolute Gasteiger partial charge is 0.366 e. The van der Waals surface area contributed by atoms with Gasteiger partial charge in [-0.05, 0) is 48.9 Å². The van der Waals surface area contributed by atoms with Crippen LogP contribution in [0.15, 0.2) is 42.5 Å². The maximum atomic E-state index is 14.0. The maximum Gasteiger partial charge on any atom is 0.168 e. The molecule has 0 radical (unpaired) electrons. The summed E-state index contributed by atoms with van der Waals surface area (Å²) < 4.78 is 68.3. The summed E-state index contributed by atoms with van der Waals surface area (Å²) in [6.07, 6.45) is 1.81. The summed E-state index contributed by atoms with van der Waals surface area (Å²) in [4.78, 5) is 2.16. The van der Waals surface area contributed by atoms with Crippen molar-refractivity contribution in [2.45, 2.75) is 25.4 Å². The lowest BCUT2D eigenvalue weighted by atomic mass is 10.0. The van der Waals surface area contributed by atoms with Gasteiger partial charge in [0.05, 0.1) is 5.69 Å². The summed E-state index contributed by atoms with van der Waals surface area (Å²) in [7, 11) is 0. The van der Waals surface area contributed by atoms with Crippen molar-refractivity contribution in [3.05, 3.63) is 77.1 Å². The van der Waals surface area contributed by atoms with Crippen LogP contribution in [-0.2, 0) is 6.54 Å². The van der Waals surface area contributed by atoms with Crippen LogP contribution in [-0.4, -0.2) is 34.2 Å². The third-order valence-electron chi connectivity index (χ3n) is 6.54. The standard InChI is InChI=1S/C24H21F5N4/c25-16-8-18(24(29)20(27)9-16)21-4-5-22(32-31-21)30-17-6-14-11-33(12-15(14)7-17)10-13-2-1-3-19(26)23(13)28/h1-5,8-9,14-15,17H,6-7,10-12H2,(H,30,32)/t14-,15+,17+. The number of hydrogen-bond acceptors (Lipinski definition) is 4. The van der Waals surface area contributed by atoms with Crippen LogP contribution >= 0.6 is 0 Å². The van der Waals surface area contributed by atoms with E-state index < -0.39 is 29.1 Å². The minimum absolute atomic E-state index is 0.0416. The number of hydrogen-bond donors (Lipinski definition) is 1. The predicted octanol–water partition coefficient (Wildman–Crippen LogP) is 5.16. The summed E-state index contributed by atoms with van der Waals surface area (Å²) in [5.74, 6) is -3.56. The minimum Gasteiger partial charge on any atom is -0.366 e. The first-order valence-corrected chi connectivity index (χ1v) is 10.8. The van der Waals surface area contributed by atoms with E-state index in [-0.39, 0.29) is 17.3 Å². The van der Waals surface area contributed by atoms with Crippen molar-refractivity contribution >= 4 is 5.82 Å². The summed E-state index contributed by atoms with van der Waals surface area (Å²) in [6.45, 7) is 2.01. The number of nitrogens with one attached hydrogen (secondary N) is 1. The number of aromatic nitrogens is 2. The maximum absolute atomic E-state index is 14.0. The van der Waals surface area contributed by atoms with Crippen LogP contribution in [0.4, 0.5) is 27.8 Å². The van der Waals surface area contributed by atoms with Crippen molar-refractivity contribution in [1.29, 1.82) is 0 Å². The van der Waals surface area contributed by atoms with Gasteiger partial charge in [0.2, 0.25) is 0 Å². The Bertz CT molecular complexity index is 1160. The van der Waals surface area contributed by atoms with E-state index in [0.29, 0.717) is 35.8 Å². The van der Waals surface area contributed by atoms with Crippen molar-refractivity contribution in [2.75, 3.05) is 18.4 Å². The third-order valence-corrected chi connectivity index (χ3v) is 6.54. The molecule has 1 N–H and O–H groups in total. The second kappa shape index (κ2) is 8.70. The Hall–Kier alpha value is -3.07. The highest BCUT2D eigenvalue weighted by molar-refractivity contribution is 5.60. The highest BCUT2D eigenvalue weighted by Crippen LogP contribution is 2.39. The first kappa shape index (κ1) is 21.8. The van der Waals surface area contributed by atoms with Gasteiger partial charge in [-0.25, -0.2) is 22.0 Å². The fourth-order valence-electron chi connectivity index (χ4n) is 5.06. The number of likely N-dealkylation sites (tertiary alicyclic amines) is 1. The molecule has 33 heavy (non-hydrogen) atoms. The molecule has 1 saturated heterocycles. The van der Waals surface area contributed by atoms with Crippen molar-refractivity contribution in [1.82, 2.24) is 15.1 Å². The molecule has 1 saturated carbocycles. The zero-order valence-corrected chi connectivity index (χ0v) is 17.5. The third kappa shape index (κ3) is 4.42. The molecular weight excluding hydrogens is 439 g/mol. The number of halogens is 5. The van der Waals surface area contributed by atoms with E-state index in [1.165, 1.54) is 12.1 Å². The molecule has 1 aromatic heterocycles. The van der Waals surface area contributed by atoms with Crippen LogP contribution in [0, 0.1) is 40.9 Å². The Labute approximate surface area is 187 Å². The molecule has 2 aromatic carbocycles. The van der Waals surface area contributed by atoms with E-state index in [9.17, 15) is 22.0 Å². The van der Waals surface area contributed by atoms with Crippen LogP contribution in [0.5, 0.6) is 0 Å². The van der Waals surface area contributed by atoms with Crippen LogP contribution in [0.3, 0.4) is 0 Å². The number of fused-ring (bicyclic) bond motifs is 1. The fourth-order valence-corrected chi connectivity index (χ4v) is 5.06. The molecule has 2 aliphatic rings. The molecular formula is C24H21F5N4.